The molecule has 148 valence electrons. The van der Waals surface area contributed by atoms with E-state index in [4.69, 9.17) is 4.74 Å². The highest BCUT2D eigenvalue weighted by Crippen LogP contribution is 2.43. The Hall–Kier alpha value is -3.85. The first-order chi connectivity index (χ1) is 14.7. The molecular weight excluding hydrogens is 376 g/mol. The summed E-state index contributed by atoms with van der Waals surface area (Å²) in [5.74, 6) is 1.28. The number of amides is 1. The molecule has 2 saturated heterocycles. The van der Waals surface area contributed by atoms with Crippen LogP contribution in [0, 0.1) is 11.3 Å². The van der Waals surface area contributed by atoms with Gasteiger partial charge in [-0.2, -0.15) is 5.26 Å². The number of anilines is 2. The van der Waals surface area contributed by atoms with Crippen LogP contribution in [0.5, 0.6) is 5.75 Å². The van der Waals surface area contributed by atoms with E-state index < -0.39 is 0 Å². The number of methoxy groups -OCH3 is 1. The van der Waals surface area contributed by atoms with Crippen LogP contribution in [-0.4, -0.2) is 36.6 Å². The van der Waals surface area contributed by atoms with Gasteiger partial charge in [0.15, 0.2) is 0 Å². The molecular formula is C24H20N4O2. The molecule has 0 aliphatic carbocycles. The van der Waals surface area contributed by atoms with Gasteiger partial charge < -0.3 is 14.5 Å². The van der Waals surface area contributed by atoms with Crippen LogP contribution < -0.4 is 14.5 Å². The largest absolute Gasteiger partial charge is 0.495 e. The van der Waals surface area contributed by atoms with Crippen molar-refractivity contribution in [2.24, 2.45) is 0 Å². The van der Waals surface area contributed by atoms with Gasteiger partial charge in [0.05, 0.1) is 24.4 Å². The summed E-state index contributed by atoms with van der Waals surface area (Å²) >= 11 is 0. The smallest absolute Gasteiger partial charge is 0.250 e. The predicted molar refractivity (Wildman–Crippen MR) is 114 cm³/mol. The molecule has 2 atom stereocenters. The summed E-state index contributed by atoms with van der Waals surface area (Å²) in [7, 11) is 1.62. The van der Waals surface area contributed by atoms with Crippen molar-refractivity contribution < 1.29 is 9.53 Å². The number of benzene rings is 2. The highest BCUT2D eigenvalue weighted by atomic mass is 16.5. The van der Waals surface area contributed by atoms with Gasteiger partial charge in [-0.15, -0.1) is 0 Å². The highest BCUT2D eigenvalue weighted by molar-refractivity contribution is 6.05. The summed E-state index contributed by atoms with van der Waals surface area (Å²) < 4.78 is 5.59. The monoisotopic (exact) mass is 396 g/mol. The van der Waals surface area contributed by atoms with Gasteiger partial charge in [-0.05, 0) is 41.8 Å². The van der Waals surface area contributed by atoms with Crippen molar-refractivity contribution in [1.82, 2.24) is 4.98 Å². The minimum Gasteiger partial charge on any atom is -0.495 e. The SMILES string of the molecule is COc1ccc(-c2ccccc2)cc1N1C(=O)[C@@H]2C[C@H]1CN2c1ncccc1C#N. The van der Waals surface area contributed by atoms with Crippen LogP contribution in [0.3, 0.4) is 0 Å². The van der Waals surface area contributed by atoms with E-state index in [9.17, 15) is 10.1 Å². The topological polar surface area (TPSA) is 69.5 Å². The third-order valence-corrected chi connectivity index (χ3v) is 5.89. The molecule has 0 unspecified atom stereocenters. The lowest BCUT2D eigenvalue weighted by molar-refractivity contribution is -0.118. The summed E-state index contributed by atoms with van der Waals surface area (Å²) in [6, 6.07) is 21.4. The Morgan fingerprint density at radius 2 is 1.93 bits per heavy atom. The summed E-state index contributed by atoms with van der Waals surface area (Å²) in [6.45, 7) is 0.640. The van der Waals surface area contributed by atoms with Crippen LogP contribution >= 0.6 is 0 Å². The van der Waals surface area contributed by atoms with Crippen molar-refractivity contribution in [2.45, 2.75) is 18.5 Å². The van der Waals surface area contributed by atoms with Crippen molar-refractivity contribution in [3.63, 3.8) is 0 Å². The predicted octanol–water partition coefficient (Wildman–Crippen LogP) is 3.62. The quantitative estimate of drug-likeness (QED) is 0.674. The van der Waals surface area contributed by atoms with Crippen molar-refractivity contribution in [2.75, 3.05) is 23.5 Å². The number of carbonyl (C=O) groups excluding carboxylic acids is 1. The number of carbonyl (C=O) groups is 1. The first-order valence-electron chi connectivity index (χ1n) is 9.89. The molecule has 1 aromatic heterocycles. The lowest BCUT2D eigenvalue weighted by atomic mass is 10.0. The van der Waals surface area contributed by atoms with E-state index >= 15 is 0 Å². The van der Waals surface area contributed by atoms with Gasteiger partial charge >= 0.3 is 0 Å². The number of hydrogen-bond donors (Lipinski definition) is 0. The second-order valence-electron chi connectivity index (χ2n) is 7.50. The number of hydrogen-bond acceptors (Lipinski definition) is 5. The first kappa shape index (κ1) is 18.2. The molecule has 2 fully saturated rings. The van der Waals surface area contributed by atoms with Crippen molar-refractivity contribution in [1.29, 1.82) is 5.26 Å². The van der Waals surface area contributed by atoms with Gasteiger partial charge in [-0.25, -0.2) is 4.98 Å². The molecule has 6 nitrogen and oxygen atoms in total. The number of fused-ring (bicyclic) bond motifs is 2. The van der Waals surface area contributed by atoms with Gasteiger partial charge in [0.25, 0.3) is 0 Å². The van der Waals surface area contributed by atoms with Crippen molar-refractivity contribution in [3.8, 4) is 22.9 Å². The van der Waals surface area contributed by atoms with Gasteiger partial charge in [-0.1, -0.05) is 36.4 Å². The third-order valence-electron chi connectivity index (χ3n) is 5.89. The average molecular weight is 396 g/mol. The maximum Gasteiger partial charge on any atom is 0.250 e. The number of rotatable bonds is 4. The van der Waals surface area contributed by atoms with E-state index in [2.05, 4.69) is 23.2 Å². The number of piperazine rings is 1. The maximum absolute atomic E-state index is 13.4. The molecule has 3 aromatic rings. The standard InChI is InChI=1S/C24H20N4O2/c1-30-22-10-9-17(16-6-3-2-4-7-16)12-20(22)28-19-13-21(24(28)29)27(15-19)23-18(14-25)8-5-11-26-23/h2-12,19,21H,13,15H2,1H3/t19-,21-/m0/s1. The molecule has 5 rings (SSSR count). The number of nitriles is 1. The molecule has 6 heteroatoms. The van der Waals surface area contributed by atoms with Gasteiger partial charge in [0, 0.05) is 12.7 Å². The summed E-state index contributed by atoms with van der Waals surface area (Å²) in [4.78, 5) is 21.6. The summed E-state index contributed by atoms with van der Waals surface area (Å²) in [5, 5.41) is 9.42. The van der Waals surface area contributed by atoms with E-state index in [0.717, 1.165) is 16.8 Å². The van der Waals surface area contributed by atoms with Gasteiger partial charge in [0.1, 0.15) is 23.7 Å². The fraction of sp³-hybridized carbons (Fsp3) is 0.208. The van der Waals surface area contributed by atoms with Crippen LogP contribution in [0.15, 0.2) is 66.9 Å². The van der Waals surface area contributed by atoms with E-state index in [1.54, 1.807) is 25.4 Å². The molecule has 0 N–H and O–H groups in total. The second kappa shape index (κ2) is 7.20. The highest BCUT2D eigenvalue weighted by Gasteiger charge is 2.51. The van der Waals surface area contributed by atoms with Crippen LogP contribution in [0.2, 0.25) is 0 Å². The lowest BCUT2D eigenvalue weighted by Gasteiger charge is -2.35. The molecule has 0 spiro atoms. The van der Waals surface area contributed by atoms with Crippen molar-refractivity contribution >= 4 is 17.4 Å². The Morgan fingerprint density at radius 3 is 2.67 bits per heavy atom. The minimum absolute atomic E-state index is 0.0102. The molecule has 2 aliphatic heterocycles. The van der Waals surface area contributed by atoms with Crippen LogP contribution in [0.1, 0.15) is 12.0 Å². The fourth-order valence-corrected chi connectivity index (χ4v) is 4.53. The fourth-order valence-electron chi connectivity index (χ4n) is 4.53. The van der Waals surface area contributed by atoms with E-state index in [0.29, 0.717) is 30.1 Å². The Balaban J connectivity index is 1.50. The normalized spacial score (nSPS) is 19.8. The molecule has 0 radical (unpaired) electrons. The zero-order valence-electron chi connectivity index (χ0n) is 16.5. The molecule has 30 heavy (non-hydrogen) atoms. The second-order valence-corrected chi connectivity index (χ2v) is 7.50. The average Bonchev–Trinajstić information content (AvgIpc) is 3.37. The number of ether oxygens (including phenoxy) is 1. The van der Waals surface area contributed by atoms with Crippen LogP contribution in [0.25, 0.3) is 11.1 Å². The molecule has 2 bridgehead atoms. The Morgan fingerprint density at radius 1 is 1.10 bits per heavy atom. The summed E-state index contributed by atoms with van der Waals surface area (Å²) in [6.07, 6.45) is 2.37. The number of nitrogens with zero attached hydrogens (tertiary/aromatic N) is 4. The van der Waals surface area contributed by atoms with E-state index in [1.807, 2.05) is 46.2 Å². The van der Waals surface area contributed by atoms with Gasteiger partial charge in [-0.3, -0.25) is 4.79 Å². The zero-order valence-corrected chi connectivity index (χ0v) is 16.5. The number of pyridine rings is 1. The Bertz CT molecular complexity index is 1160. The van der Waals surface area contributed by atoms with E-state index in [1.165, 1.54) is 0 Å². The van der Waals surface area contributed by atoms with Gasteiger partial charge in [0.2, 0.25) is 5.91 Å². The molecule has 0 saturated carbocycles. The van der Waals surface area contributed by atoms with Crippen LogP contribution in [0.4, 0.5) is 11.5 Å². The van der Waals surface area contributed by atoms with Crippen molar-refractivity contribution in [3.05, 3.63) is 72.4 Å². The zero-order chi connectivity index (χ0) is 20.7. The van der Waals surface area contributed by atoms with E-state index in [-0.39, 0.29) is 18.0 Å². The lowest BCUT2D eigenvalue weighted by Crippen LogP contribution is -2.51. The molecule has 3 heterocycles. The molecule has 2 aromatic carbocycles. The first-order valence-corrected chi connectivity index (χ1v) is 9.89. The third kappa shape index (κ3) is 2.79. The molecule has 2 aliphatic rings. The number of aromatic nitrogens is 1. The van der Waals surface area contributed by atoms with Crippen LogP contribution in [-0.2, 0) is 4.79 Å². The maximum atomic E-state index is 13.4. The Kier molecular flexibility index (Phi) is 4.36. The Labute approximate surface area is 174 Å². The summed E-state index contributed by atoms with van der Waals surface area (Å²) in [5.41, 5.74) is 3.41. The minimum atomic E-state index is -0.318. The molecule has 1 amide bonds.